The molecule has 0 aliphatic heterocycles. The van der Waals surface area contributed by atoms with Gasteiger partial charge in [-0.2, -0.15) is 4.91 Å². The van der Waals surface area contributed by atoms with Gasteiger partial charge in [0.2, 0.25) is 0 Å². The van der Waals surface area contributed by atoms with Gasteiger partial charge >= 0.3 is 0 Å². The van der Waals surface area contributed by atoms with Crippen molar-refractivity contribution in [2.75, 3.05) is 0 Å². The summed E-state index contributed by atoms with van der Waals surface area (Å²) in [7, 11) is 0. The van der Waals surface area contributed by atoms with Crippen LogP contribution in [0.15, 0.2) is 23.4 Å². The third kappa shape index (κ3) is 2.98. The van der Waals surface area contributed by atoms with Crippen LogP contribution in [0.2, 0.25) is 10.0 Å². The van der Waals surface area contributed by atoms with Gasteiger partial charge in [-0.15, -0.1) is 0 Å². The van der Waals surface area contributed by atoms with Gasteiger partial charge in [0.05, 0.1) is 6.04 Å². The van der Waals surface area contributed by atoms with E-state index >= 15 is 0 Å². The largest absolute Gasteiger partial charge is 0.151 e. The van der Waals surface area contributed by atoms with E-state index in [1.165, 1.54) is 0 Å². The predicted molar refractivity (Wildman–Crippen MR) is 55.4 cm³/mol. The minimum Gasteiger partial charge on any atom is -0.151 e. The van der Waals surface area contributed by atoms with E-state index in [0.29, 0.717) is 16.5 Å². The van der Waals surface area contributed by atoms with Crippen LogP contribution < -0.4 is 0 Å². The molecule has 0 fully saturated rings. The van der Waals surface area contributed by atoms with Crippen LogP contribution in [0.1, 0.15) is 12.5 Å². The van der Waals surface area contributed by atoms with E-state index < -0.39 is 0 Å². The highest BCUT2D eigenvalue weighted by Crippen LogP contribution is 2.22. The van der Waals surface area contributed by atoms with Gasteiger partial charge in [0.25, 0.3) is 0 Å². The molecule has 1 aromatic rings. The average Bonchev–Trinajstić information content (AvgIpc) is 2.09. The number of nitrogens with zero attached hydrogens (tertiary/aromatic N) is 1. The first-order valence-corrected chi connectivity index (χ1v) is 4.65. The zero-order valence-corrected chi connectivity index (χ0v) is 8.64. The van der Waals surface area contributed by atoms with E-state index in [2.05, 4.69) is 5.18 Å². The van der Waals surface area contributed by atoms with Gasteiger partial charge in [-0.05, 0) is 31.0 Å². The molecule has 0 amide bonds. The van der Waals surface area contributed by atoms with Gasteiger partial charge in [-0.25, -0.2) is 0 Å². The highest BCUT2D eigenvalue weighted by atomic mass is 35.5. The van der Waals surface area contributed by atoms with Gasteiger partial charge in [0.15, 0.2) is 0 Å². The normalized spacial score (nSPS) is 12.5. The average molecular weight is 218 g/mol. The zero-order valence-electron chi connectivity index (χ0n) is 7.13. The molecule has 1 rings (SSSR count). The number of rotatable bonds is 3. The first kappa shape index (κ1) is 10.5. The Hall–Kier alpha value is -0.600. The molecule has 0 saturated carbocycles. The predicted octanol–water partition coefficient (Wildman–Crippen LogP) is 3.69. The Morgan fingerprint density at radius 3 is 2.69 bits per heavy atom. The van der Waals surface area contributed by atoms with Gasteiger partial charge in [0.1, 0.15) is 0 Å². The number of hydrogen-bond donors (Lipinski definition) is 0. The van der Waals surface area contributed by atoms with Crippen molar-refractivity contribution in [1.82, 2.24) is 0 Å². The third-order valence-corrected chi connectivity index (χ3v) is 2.30. The zero-order chi connectivity index (χ0) is 9.84. The molecule has 0 aliphatic rings. The van der Waals surface area contributed by atoms with E-state index in [4.69, 9.17) is 23.2 Å². The quantitative estimate of drug-likeness (QED) is 0.711. The molecule has 0 N–H and O–H groups in total. The van der Waals surface area contributed by atoms with Crippen LogP contribution in [0, 0.1) is 4.91 Å². The van der Waals surface area contributed by atoms with E-state index in [9.17, 15) is 4.91 Å². The summed E-state index contributed by atoms with van der Waals surface area (Å²) >= 11 is 11.6. The monoisotopic (exact) mass is 217 g/mol. The molecule has 0 aromatic heterocycles. The number of nitroso groups, excluding NO2 is 1. The summed E-state index contributed by atoms with van der Waals surface area (Å²) in [4.78, 5) is 10.2. The fraction of sp³-hybridized carbons (Fsp3) is 0.333. The first-order chi connectivity index (χ1) is 6.13. The smallest absolute Gasteiger partial charge is 0.0932 e. The molecule has 0 aliphatic carbocycles. The standard InChI is InChI=1S/C9H9Cl2NO/c1-6(12-13)4-7-2-3-8(10)5-9(7)11/h2-3,5-6H,4H2,1H3. The van der Waals surface area contributed by atoms with Crippen molar-refractivity contribution in [3.05, 3.63) is 38.7 Å². The highest BCUT2D eigenvalue weighted by Gasteiger charge is 2.06. The maximum Gasteiger partial charge on any atom is 0.0932 e. The molecule has 1 atom stereocenters. The van der Waals surface area contributed by atoms with E-state index in [1.807, 2.05) is 6.07 Å². The van der Waals surface area contributed by atoms with E-state index in [1.54, 1.807) is 19.1 Å². The van der Waals surface area contributed by atoms with Crippen molar-refractivity contribution < 1.29 is 0 Å². The Balaban J connectivity index is 2.83. The summed E-state index contributed by atoms with van der Waals surface area (Å²) < 4.78 is 0. The summed E-state index contributed by atoms with van der Waals surface area (Å²) in [5.74, 6) is 0. The Labute approximate surface area is 86.8 Å². The van der Waals surface area contributed by atoms with Crippen LogP contribution in [0.3, 0.4) is 0 Å². The van der Waals surface area contributed by atoms with Crippen molar-refractivity contribution in [3.8, 4) is 0 Å². The summed E-state index contributed by atoms with van der Waals surface area (Å²) in [6.45, 7) is 1.75. The molecular formula is C9H9Cl2NO. The highest BCUT2D eigenvalue weighted by molar-refractivity contribution is 6.35. The van der Waals surface area contributed by atoms with Crippen LogP contribution >= 0.6 is 23.2 Å². The minimum absolute atomic E-state index is 0.251. The second-order valence-corrected chi connectivity index (χ2v) is 3.74. The van der Waals surface area contributed by atoms with Crippen molar-refractivity contribution in [2.45, 2.75) is 19.4 Å². The molecule has 4 heteroatoms. The summed E-state index contributed by atoms with van der Waals surface area (Å²) in [5.41, 5.74) is 0.901. The van der Waals surface area contributed by atoms with Gasteiger partial charge in [0, 0.05) is 10.0 Å². The van der Waals surface area contributed by atoms with Crippen LogP contribution in [0.5, 0.6) is 0 Å². The summed E-state index contributed by atoms with van der Waals surface area (Å²) in [5, 5.41) is 4.09. The Bertz CT molecular complexity index is 314. The van der Waals surface area contributed by atoms with Gasteiger partial charge in [-0.3, -0.25) is 0 Å². The van der Waals surface area contributed by atoms with Crippen molar-refractivity contribution in [1.29, 1.82) is 0 Å². The topological polar surface area (TPSA) is 29.4 Å². The Morgan fingerprint density at radius 1 is 1.46 bits per heavy atom. The SMILES string of the molecule is CC(Cc1ccc(Cl)cc1Cl)N=O. The first-order valence-electron chi connectivity index (χ1n) is 3.90. The van der Waals surface area contributed by atoms with E-state index in [-0.39, 0.29) is 6.04 Å². The Kier molecular flexibility index (Phi) is 3.70. The molecule has 0 heterocycles. The Morgan fingerprint density at radius 2 is 2.15 bits per heavy atom. The number of benzene rings is 1. The molecule has 2 nitrogen and oxygen atoms in total. The van der Waals surface area contributed by atoms with Crippen LogP contribution in [-0.2, 0) is 6.42 Å². The lowest BCUT2D eigenvalue weighted by Crippen LogP contribution is -2.01. The number of hydrogen-bond acceptors (Lipinski definition) is 2. The lowest BCUT2D eigenvalue weighted by atomic mass is 10.1. The molecule has 13 heavy (non-hydrogen) atoms. The third-order valence-electron chi connectivity index (χ3n) is 1.71. The minimum atomic E-state index is -0.251. The maximum atomic E-state index is 10.2. The summed E-state index contributed by atoms with van der Waals surface area (Å²) in [6.07, 6.45) is 0.555. The lowest BCUT2D eigenvalue weighted by Gasteiger charge is -2.05. The molecule has 0 spiro atoms. The molecule has 1 unspecified atom stereocenters. The van der Waals surface area contributed by atoms with Crippen LogP contribution in [0.4, 0.5) is 0 Å². The van der Waals surface area contributed by atoms with Crippen LogP contribution in [0.25, 0.3) is 0 Å². The number of halogens is 2. The van der Waals surface area contributed by atoms with Crippen LogP contribution in [-0.4, -0.2) is 6.04 Å². The van der Waals surface area contributed by atoms with Crippen molar-refractivity contribution in [2.24, 2.45) is 5.18 Å². The fourth-order valence-corrected chi connectivity index (χ4v) is 1.53. The molecule has 0 saturated heterocycles. The molecular weight excluding hydrogens is 209 g/mol. The molecule has 0 bridgehead atoms. The maximum absolute atomic E-state index is 10.2. The lowest BCUT2D eigenvalue weighted by molar-refractivity contribution is 0.734. The molecule has 0 radical (unpaired) electrons. The molecule has 1 aromatic carbocycles. The van der Waals surface area contributed by atoms with Gasteiger partial charge in [-0.1, -0.05) is 34.4 Å². The van der Waals surface area contributed by atoms with Gasteiger partial charge < -0.3 is 0 Å². The van der Waals surface area contributed by atoms with Crippen molar-refractivity contribution in [3.63, 3.8) is 0 Å². The summed E-state index contributed by atoms with van der Waals surface area (Å²) in [6, 6.07) is 4.97. The fourth-order valence-electron chi connectivity index (χ4n) is 1.04. The molecule has 70 valence electrons. The second-order valence-electron chi connectivity index (χ2n) is 2.89. The second kappa shape index (κ2) is 4.58. The van der Waals surface area contributed by atoms with E-state index in [0.717, 1.165) is 5.56 Å². The van der Waals surface area contributed by atoms with Crippen molar-refractivity contribution >= 4 is 23.2 Å².